The molecule has 1 saturated carbocycles. The first-order valence-corrected chi connectivity index (χ1v) is 7.04. The zero-order valence-electron chi connectivity index (χ0n) is 12.1. The minimum atomic E-state index is 0.0218. The van der Waals surface area contributed by atoms with Crippen molar-refractivity contribution in [1.29, 1.82) is 5.26 Å². The van der Waals surface area contributed by atoms with Crippen molar-refractivity contribution in [2.24, 2.45) is 17.3 Å². The van der Waals surface area contributed by atoms with Gasteiger partial charge in [0.25, 0.3) is 0 Å². The zero-order chi connectivity index (χ0) is 13.9. The Morgan fingerprint density at radius 3 is 2.79 bits per heavy atom. The SMILES string of the molecule is CC(C)(C)C1CCC(C#N)C(OCc2ccco2)C1. The highest BCUT2D eigenvalue weighted by atomic mass is 16.5. The Labute approximate surface area is 115 Å². The molecule has 1 aliphatic rings. The average Bonchev–Trinajstić information content (AvgIpc) is 2.88. The third-order valence-electron chi connectivity index (χ3n) is 4.20. The number of ether oxygens (including phenoxy) is 1. The first kappa shape index (κ1) is 14.1. The van der Waals surface area contributed by atoms with Crippen molar-refractivity contribution >= 4 is 0 Å². The molecule has 1 aromatic rings. The van der Waals surface area contributed by atoms with Gasteiger partial charge in [-0.2, -0.15) is 5.26 Å². The maximum absolute atomic E-state index is 9.25. The lowest BCUT2D eigenvalue weighted by molar-refractivity contribution is -0.0416. The van der Waals surface area contributed by atoms with Gasteiger partial charge >= 0.3 is 0 Å². The summed E-state index contributed by atoms with van der Waals surface area (Å²) in [6.45, 7) is 7.28. The maximum atomic E-state index is 9.25. The lowest BCUT2D eigenvalue weighted by Gasteiger charge is -2.39. The van der Waals surface area contributed by atoms with Crippen LogP contribution in [0.1, 0.15) is 45.8 Å². The highest BCUT2D eigenvalue weighted by Gasteiger charge is 2.36. The summed E-state index contributed by atoms with van der Waals surface area (Å²) >= 11 is 0. The quantitative estimate of drug-likeness (QED) is 0.821. The van der Waals surface area contributed by atoms with Crippen molar-refractivity contribution in [2.45, 2.75) is 52.7 Å². The molecule has 0 N–H and O–H groups in total. The third-order valence-corrected chi connectivity index (χ3v) is 4.20. The number of hydrogen-bond donors (Lipinski definition) is 0. The first-order valence-electron chi connectivity index (χ1n) is 7.04. The molecule has 3 atom stereocenters. The summed E-state index contributed by atoms with van der Waals surface area (Å²) in [6.07, 6.45) is 4.73. The fourth-order valence-electron chi connectivity index (χ4n) is 2.83. The van der Waals surface area contributed by atoms with E-state index < -0.39 is 0 Å². The molecule has 104 valence electrons. The van der Waals surface area contributed by atoms with Gasteiger partial charge in [-0.1, -0.05) is 20.8 Å². The molecule has 19 heavy (non-hydrogen) atoms. The number of nitriles is 1. The van der Waals surface area contributed by atoms with E-state index in [1.807, 2.05) is 12.1 Å². The summed E-state index contributed by atoms with van der Waals surface area (Å²) in [6, 6.07) is 6.17. The van der Waals surface area contributed by atoms with Gasteiger partial charge in [0.05, 0.1) is 24.4 Å². The Bertz CT molecular complexity index is 425. The Balaban J connectivity index is 1.96. The number of hydrogen-bond acceptors (Lipinski definition) is 3. The molecule has 1 aromatic heterocycles. The van der Waals surface area contributed by atoms with Crippen molar-refractivity contribution < 1.29 is 9.15 Å². The summed E-state index contributed by atoms with van der Waals surface area (Å²) in [5.74, 6) is 1.47. The van der Waals surface area contributed by atoms with Crippen LogP contribution in [0.2, 0.25) is 0 Å². The molecule has 1 fully saturated rings. The van der Waals surface area contributed by atoms with E-state index in [1.54, 1.807) is 6.26 Å². The van der Waals surface area contributed by atoms with Crippen molar-refractivity contribution in [2.75, 3.05) is 0 Å². The van der Waals surface area contributed by atoms with Crippen LogP contribution in [0.25, 0.3) is 0 Å². The maximum Gasteiger partial charge on any atom is 0.129 e. The van der Waals surface area contributed by atoms with E-state index in [0.717, 1.165) is 25.0 Å². The number of rotatable bonds is 3. The average molecular weight is 261 g/mol. The zero-order valence-corrected chi connectivity index (χ0v) is 12.1. The van der Waals surface area contributed by atoms with Gasteiger partial charge in [-0.25, -0.2) is 0 Å². The van der Waals surface area contributed by atoms with Gasteiger partial charge in [-0.05, 0) is 42.7 Å². The van der Waals surface area contributed by atoms with E-state index >= 15 is 0 Å². The standard InChI is InChI=1S/C16H23NO2/c1-16(2,3)13-7-6-12(10-17)15(9-13)19-11-14-5-4-8-18-14/h4-5,8,12-13,15H,6-7,9,11H2,1-3H3. The van der Waals surface area contributed by atoms with Crippen LogP contribution >= 0.6 is 0 Å². The Morgan fingerprint density at radius 1 is 1.42 bits per heavy atom. The van der Waals surface area contributed by atoms with Crippen LogP contribution in [0.4, 0.5) is 0 Å². The second-order valence-electron chi connectivity index (χ2n) is 6.54. The topological polar surface area (TPSA) is 46.2 Å². The van der Waals surface area contributed by atoms with Gasteiger partial charge in [0.1, 0.15) is 12.4 Å². The van der Waals surface area contributed by atoms with E-state index in [0.29, 0.717) is 12.5 Å². The minimum Gasteiger partial charge on any atom is -0.467 e. The Kier molecular flexibility index (Phi) is 4.31. The smallest absolute Gasteiger partial charge is 0.129 e. The fourth-order valence-corrected chi connectivity index (χ4v) is 2.83. The van der Waals surface area contributed by atoms with Crippen LogP contribution in [0.3, 0.4) is 0 Å². The monoisotopic (exact) mass is 261 g/mol. The molecule has 0 aliphatic heterocycles. The summed E-state index contributed by atoms with van der Waals surface area (Å²) in [5.41, 5.74) is 0.284. The Morgan fingerprint density at radius 2 is 2.21 bits per heavy atom. The normalized spacial score (nSPS) is 28.0. The van der Waals surface area contributed by atoms with Crippen LogP contribution in [-0.4, -0.2) is 6.10 Å². The summed E-state index contributed by atoms with van der Waals surface area (Å²) in [7, 11) is 0. The third kappa shape index (κ3) is 3.61. The molecule has 0 saturated heterocycles. The second kappa shape index (κ2) is 5.79. The lowest BCUT2D eigenvalue weighted by atomic mass is 9.69. The molecule has 3 nitrogen and oxygen atoms in total. The van der Waals surface area contributed by atoms with Gasteiger partial charge in [-0.15, -0.1) is 0 Å². The summed E-state index contributed by atoms with van der Waals surface area (Å²) in [4.78, 5) is 0. The highest BCUT2D eigenvalue weighted by Crippen LogP contribution is 2.41. The fraction of sp³-hybridized carbons (Fsp3) is 0.688. The molecule has 3 unspecified atom stereocenters. The van der Waals surface area contributed by atoms with Crippen molar-refractivity contribution in [1.82, 2.24) is 0 Å². The lowest BCUT2D eigenvalue weighted by Crippen LogP contribution is -2.36. The molecule has 0 aromatic carbocycles. The highest BCUT2D eigenvalue weighted by molar-refractivity contribution is 4.99. The van der Waals surface area contributed by atoms with Crippen molar-refractivity contribution in [3.8, 4) is 6.07 Å². The molecule has 3 heteroatoms. The van der Waals surface area contributed by atoms with E-state index in [1.165, 1.54) is 0 Å². The number of furan rings is 1. The molecule has 0 amide bonds. The molecule has 0 bridgehead atoms. The van der Waals surface area contributed by atoms with Crippen molar-refractivity contribution in [3.63, 3.8) is 0 Å². The Hall–Kier alpha value is -1.27. The first-order chi connectivity index (χ1) is 9.00. The molecule has 0 spiro atoms. The van der Waals surface area contributed by atoms with E-state index in [2.05, 4.69) is 26.8 Å². The van der Waals surface area contributed by atoms with Crippen LogP contribution in [0, 0.1) is 28.6 Å². The summed E-state index contributed by atoms with van der Waals surface area (Å²) < 4.78 is 11.2. The summed E-state index contributed by atoms with van der Waals surface area (Å²) in [5, 5.41) is 9.25. The molecule has 1 heterocycles. The number of nitrogens with zero attached hydrogens (tertiary/aromatic N) is 1. The molecule has 1 aliphatic carbocycles. The second-order valence-corrected chi connectivity index (χ2v) is 6.54. The predicted octanol–water partition coefficient (Wildman–Crippen LogP) is 4.15. The predicted molar refractivity (Wildman–Crippen MR) is 73.2 cm³/mol. The van der Waals surface area contributed by atoms with Gasteiger partial charge < -0.3 is 9.15 Å². The largest absolute Gasteiger partial charge is 0.467 e. The van der Waals surface area contributed by atoms with Crippen LogP contribution in [0.5, 0.6) is 0 Å². The van der Waals surface area contributed by atoms with Gasteiger partial charge in [-0.3, -0.25) is 0 Å². The molecular weight excluding hydrogens is 238 g/mol. The minimum absolute atomic E-state index is 0.0218. The van der Waals surface area contributed by atoms with Crippen molar-refractivity contribution in [3.05, 3.63) is 24.2 Å². The molecule has 2 rings (SSSR count). The van der Waals surface area contributed by atoms with Gasteiger partial charge in [0, 0.05) is 0 Å². The van der Waals surface area contributed by atoms with E-state index in [4.69, 9.17) is 9.15 Å². The van der Waals surface area contributed by atoms with Crippen LogP contribution in [0.15, 0.2) is 22.8 Å². The van der Waals surface area contributed by atoms with Crippen LogP contribution in [-0.2, 0) is 11.3 Å². The van der Waals surface area contributed by atoms with Gasteiger partial charge in [0.15, 0.2) is 0 Å². The van der Waals surface area contributed by atoms with E-state index in [-0.39, 0.29) is 17.4 Å². The molecule has 0 radical (unpaired) electrons. The molecular formula is C16H23NO2. The van der Waals surface area contributed by atoms with Gasteiger partial charge in [0.2, 0.25) is 0 Å². The van der Waals surface area contributed by atoms with E-state index in [9.17, 15) is 5.26 Å². The van der Waals surface area contributed by atoms with Crippen LogP contribution < -0.4 is 0 Å².